The van der Waals surface area contributed by atoms with Crippen molar-refractivity contribution in [3.63, 3.8) is 0 Å². The van der Waals surface area contributed by atoms with Crippen molar-refractivity contribution in [2.45, 2.75) is 45.6 Å². The van der Waals surface area contributed by atoms with Gasteiger partial charge in [-0.2, -0.15) is 0 Å². The van der Waals surface area contributed by atoms with Crippen molar-refractivity contribution in [2.24, 2.45) is 0 Å². The monoisotopic (exact) mass is 427 g/mol. The number of H-pyrrole nitrogens is 1. The van der Waals surface area contributed by atoms with Gasteiger partial charge in [0.15, 0.2) is 0 Å². The van der Waals surface area contributed by atoms with E-state index in [1.807, 2.05) is 0 Å². The number of aryl methyl sites for hydroxylation is 1. The first kappa shape index (κ1) is 23.1. The molecule has 30 heavy (non-hydrogen) atoms. The van der Waals surface area contributed by atoms with Crippen LogP contribution < -0.4 is 11.2 Å². The molecule has 1 fully saturated rings. The second-order valence-corrected chi connectivity index (χ2v) is 6.84. The molecule has 12 nitrogen and oxygen atoms in total. The Kier molecular flexibility index (Phi) is 7.75. The number of nitrogens with zero attached hydrogens (tertiary/aromatic N) is 2. The number of aromatic nitrogens is 2. The number of amides is 1. The van der Waals surface area contributed by atoms with Crippen LogP contribution in [-0.2, 0) is 28.5 Å². The highest BCUT2D eigenvalue weighted by molar-refractivity contribution is 5.72. The molecule has 0 unspecified atom stereocenters. The van der Waals surface area contributed by atoms with Crippen LogP contribution in [0.25, 0.3) is 0 Å². The van der Waals surface area contributed by atoms with Crippen LogP contribution in [-0.4, -0.2) is 71.5 Å². The van der Waals surface area contributed by atoms with Gasteiger partial charge in [0, 0.05) is 39.1 Å². The minimum atomic E-state index is -0.974. The molecule has 0 spiro atoms. The van der Waals surface area contributed by atoms with Crippen LogP contribution in [0.5, 0.6) is 0 Å². The summed E-state index contributed by atoms with van der Waals surface area (Å²) >= 11 is 0. The van der Waals surface area contributed by atoms with E-state index in [4.69, 9.17) is 18.9 Å². The number of esters is 1. The number of nitrogens with one attached hydrogen (secondary N) is 1. The Morgan fingerprint density at radius 3 is 2.60 bits per heavy atom. The Hall–Kier alpha value is -3.15. The number of rotatable bonds is 7. The minimum Gasteiger partial charge on any atom is -0.459 e. The molecule has 0 aromatic carbocycles. The van der Waals surface area contributed by atoms with Crippen LogP contribution in [0.2, 0.25) is 0 Å². The predicted octanol–water partition coefficient (Wildman–Crippen LogP) is -0.304. The number of hydrogen-bond acceptors (Lipinski definition) is 9. The first-order valence-electron chi connectivity index (χ1n) is 9.24. The first-order chi connectivity index (χ1) is 14.1. The third-order valence-electron chi connectivity index (χ3n) is 4.50. The third-order valence-corrected chi connectivity index (χ3v) is 4.50. The van der Waals surface area contributed by atoms with E-state index < -0.39 is 41.8 Å². The van der Waals surface area contributed by atoms with Gasteiger partial charge in [-0.1, -0.05) is 0 Å². The number of likely N-dealkylation sites (N-methyl/N-ethyl adjacent to an activating group) is 1. The highest BCUT2D eigenvalue weighted by Gasteiger charge is 2.40. The highest BCUT2D eigenvalue weighted by atomic mass is 16.7. The SMILES string of the molecule is CC(=O)O[C@H]1C[C@H](n2cc(C)c(=O)[nH]c2=O)O[C@@H]1COC(=O)OCCN(C)C(C)=O. The minimum absolute atomic E-state index is 0.0531. The van der Waals surface area contributed by atoms with E-state index in [1.54, 1.807) is 7.05 Å². The summed E-state index contributed by atoms with van der Waals surface area (Å²) in [5.41, 5.74) is -0.877. The van der Waals surface area contributed by atoms with Gasteiger partial charge in [0.2, 0.25) is 5.91 Å². The Morgan fingerprint density at radius 2 is 1.97 bits per heavy atom. The number of aromatic amines is 1. The summed E-state index contributed by atoms with van der Waals surface area (Å²) in [6.07, 6.45) is -1.95. The van der Waals surface area contributed by atoms with Crippen LogP contribution in [0, 0.1) is 6.92 Å². The third kappa shape index (κ3) is 6.17. The summed E-state index contributed by atoms with van der Waals surface area (Å²) in [4.78, 5) is 61.5. The van der Waals surface area contributed by atoms with Gasteiger partial charge in [-0.15, -0.1) is 0 Å². The summed E-state index contributed by atoms with van der Waals surface area (Å²) in [5.74, 6) is -0.733. The molecule has 0 aliphatic carbocycles. The van der Waals surface area contributed by atoms with Crippen molar-refractivity contribution in [3.8, 4) is 0 Å². The zero-order chi connectivity index (χ0) is 22.4. The van der Waals surface area contributed by atoms with Crippen LogP contribution in [0.4, 0.5) is 4.79 Å². The van der Waals surface area contributed by atoms with Crippen molar-refractivity contribution in [3.05, 3.63) is 32.6 Å². The van der Waals surface area contributed by atoms with Crippen molar-refractivity contribution in [1.82, 2.24) is 14.5 Å². The molecule has 1 N–H and O–H groups in total. The smallest absolute Gasteiger partial charge is 0.459 e. The molecular formula is C18H25N3O9. The van der Waals surface area contributed by atoms with E-state index in [0.29, 0.717) is 5.56 Å². The van der Waals surface area contributed by atoms with Crippen LogP contribution in [0.3, 0.4) is 0 Å². The van der Waals surface area contributed by atoms with Gasteiger partial charge < -0.3 is 23.8 Å². The molecule has 1 aliphatic rings. The van der Waals surface area contributed by atoms with Crippen molar-refractivity contribution in [2.75, 3.05) is 26.8 Å². The van der Waals surface area contributed by atoms with Gasteiger partial charge in [0.25, 0.3) is 5.56 Å². The van der Waals surface area contributed by atoms with Crippen LogP contribution >= 0.6 is 0 Å². The maximum atomic E-state index is 12.1. The molecule has 3 atom stereocenters. The average Bonchev–Trinajstić information content (AvgIpc) is 3.04. The van der Waals surface area contributed by atoms with E-state index in [1.165, 1.54) is 36.4 Å². The van der Waals surface area contributed by atoms with Gasteiger partial charge in [-0.3, -0.25) is 23.9 Å². The fourth-order valence-electron chi connectivity index (χ4n) is 2.77. The Balaban J connectivity index is 1.98. The lowest BCUT2D eigenvalue weighted by Crippen LogP contribution is -2.34. The molecular weight excluding hydrogens is 402 g/mol. The van der Waals surface area contributed by atoms with Crippen LogP contribution in [0.1, 0.15) is 32.1 Å². The maximum absolute atomic E-state index is 12.1. The molecule has 1 aliphatic heterocycles. The van der Waals surface area contributed by atoms with E-state index in [2.05, 4.69) is 4.98 Å². The normalized spacial score (nSPS) is 20.5. The summed E-state index contributed by atoms with van der Waals surface area (Å²) in [6, 6.07) is 0. The second kappa shape index (κ2) is 10.1. The van der Waals surface area contributed by atoms with E-state index in [9.17, 15) is 24.0 Å². The summed E-state index contributed by atoms with van der Waals surface area (Å²) < 4.78 is 22.0. The molecule has 1 aromatic rings. The molecule has 166 valence electrons. The summed E-state index contributed by atoms with van der Waals surface area (Å²) in [7, 11) is 1.56. The maximum Gasteiger partial charge on any atom is 0.508 e. The Bertz CT molecular complexity index is 907. The molecule has 1 amide bonds. The molecule has 2 heterocycles. The lowest BCUT2D eigenvalue weighted by atomic mass is 10.2. The zero-order valence-electron chi connectivity index (χ0n) is 17.2. The lowest BCUT2D eigenvalue weighted by Gasteiger charge is -2.18. The van der Waals surface area contributed by atoms with E-state index in [-0.39, 0.29) is 32.1 Å². The quantitative estimate of drug-likeness (QED) is 0.579. The highest BCUT2D eigenvalue weighted by Crippen LogP contribution is 2.30. The number of ether oxygens (including phenoxy) is 4. The molecule has 0 saturated carbocycles. The van der Waals surface area contributed by atoms with Gasteiger partial charge in [0.1, 0.15) is 31.6 Å². The first-order valence-corrected chi connectivity index (χ1v) is 9.24. The molecule has 12 heteroatoms. The van der Waals surface area contributed by atoms with Crippen molar-refractivity contribution < 1.29 is 33.3 Å². The molecule has 1 aromatic heterocycles. The molecule has 0 bridgehead atoms. The standard InChI is InChI=1S/C18H25N3O9/c1-10-8-21(17(25)19-16(10)24)15-7-13(29-12(3)23)14(30-15)9-28-18(26)27-6-5-20(4)11(2)22/h8,13-15H,5-7,9H2,1-4H3,(H,19,24,25)/t13-,14+,15+/m0/s1. The van der Waals surface area contributed by atoms with Crippen molar-refractivity contribution >= 4 is 18.0 Å². The number of carbonyl (C=O) groups is 3. The van der Waals surface area contributed by atoms with E-state index in [0.717, 1.165) is 0 Å². The average molecular weight is 427 g/mol. The van der Waals surface area contributed by atoms with Gasteiger partial charge in [0.05, 0.1) is 6.54 Å². The predicted molar refractivity (Wildman–Crippen MR) is 101 cm³/mol. The van der Waals surface area contributed by atoms with Gasteiger partial charge in [-0.25, -0.2) is 9.59 Å². The fourth-order valence-corrected chi connectivity index (χ4v) is 2.77. The topological polar surface area (TPSA) is 146 Å². The van der Waals surface area contributed by atoms with Crippen molar-refractivity contribution in [1.29, 1.82) is 0 Å². The summed E-state index contributed by atoms with van der Waals surface area (Å²) in [5, 5.41) is 0. The van der Waals surface area contributed by atoms with Crippen LogP contribution in [0.15, 0.2) is 15.8 Å². The lowest BCUT2D eigenvalue weighted by molar-refractivity contribution is -0.150. The van der Waals surface area contributed by atoms with Gasteiger partial charge >= 0.3 is 17.8 Å². The van der Waals surface area contributed by atoms with E-state index >= 15 is 0 Å². The molecule has 1 saturated heterocycles. The Morgan fingerprint density at radius 1 is 1.27 bits per heavy atom. The number of carbonyl (C=O) groups excluding carboxylic acids is 3. The fraction of sp³-hybridized carbons (Fsp3) is 0.611. The molecule has 0 radical (unpaired) electrons. The zero-order valence-corrected chi connectivity index (χ0v) is 17.2. The summed E-state index contributed by atoms with van der Waals surface area (Å²) in [6.45, 7) is 4.01. The largest absolute Gasteiger partial charge is 0.508 e. The Labute approximate surface area is 171 Å². The second-order valence-electron chi connectivity index (χ2n) is 6.84. The molecule has 2 rings (SSSR count). The number of hydrogen-bond donors (Lipinski definition) is 1. The van der Waals surface area contributed by atoms with Gasteiger partial charge in [-0.05, 0) is 6.92 Å².